The van der Waals surface area contributed by atoms with E-state index in [2.05, 4.69) is 10.5 Å². The molecule has 0 atom stereocenters. The van der Waals surface area contributed by atoms with Gasteiger partial charge in [-0.2, -0.15) is 5.10 Å². The maximum Gasteiger partial charge on any atom is 0.308 e. The SMILES string of the molecule is CCc1cc(C)oc1C(C)=NNc1c([N+](=O)[O-])cc([N+](=O)[O-])cc1[N+](=O)[O-]. The van der Waals surface area contributed by atoms with Crippen molar-refractivity contribution in [2.24, 2.45) is 5.10 Å². The van der Waals surface area contributed by atoms with Crippen molar-refractivity contribution < 1.29 is 19.2 Å². The average Bonchev–Trinajstić information content (AvgIpc) is 2.99. The maximum absolute atomic E-state index is 11.2. The van der Waals surface area contributed by atoms with Crippen molar-refractivity contribution in [3.05, 3.63) is 65.6 Å². The van der Waals surface area contributed by atoms with Gasteiger partial charge in [0, 0.05) is 0 Å². The molecule has 12 nitrogen and oxygen atoms in total. The molecule has 0 unspecified atom stereocenters. The molecular formula is C15H15N5O7. The summed E-state index contributed by atoms with van der Waals surface area (Å²) in [7, 11) is 0. The molecule has 1 aromatic heterocycles. The van der Waals surface area contributed by atoms with Crippen LogP contribution in [0.15, 0.2) is 27.7 Å². The Morgan fingerprint density at radius 2 is 1.63 bits per heavy atom. The van der Waals surface area contributed by atoms with Gasteiger partial charge in [-0.3, -0.25) is 35.8 Å². The summed E-state index contributed by atoms with van der Waals surface area (Å²) < 4.78 is 5.53. The molecule has 0 spiro atoms. The molecule has 0 saturated heterocycles. The standard InChI is InChI=1S/C15H15N5O7/c1-4-10-5-8(2)27-15(10)9(3)16-17-14-12(19(23)24)6-11(18(21)22)7-13(14)20(25)26/h5-7,17H,4H2,1-3H3. The lowest BCUT2D eigenvalue weighted by Crippen LogP contribution is -2.06. The smallest absolute Gasteiger partial charge is 0.308 e. The predicted molar refractivity (Wildman–Crippen MR) is 95.1 cm³/mol. The summed E-state index contributed by atoms with van der Waals surface area (Å²) in [6, 6.07) is 3.08. The molecule has 1 N–H and O–H groups in total. The molecule has 27 heavy (non-hydrogen) atoms. The second-order valence-corrected chi connectivity index (χ2v) is 5.50. The fraction of sp³-hybridized carbons (Fsp3) is 0.267. The van der Waals surface area contributed by atoms with Gasteiger partial charge in [0.2, 0.25) is 5.69 Å². The van der Waals surface area contributed by atoms with Crippen molar-refractivity contribution in [1.82, 2.24) is 0 Å². The fourth-order valence-electron chi connectivity index (χ4n) is 2.43. The number of hydrazone groups is 1. The lowest BCUT2D eigenvalue weighted by atomic mass is 10.1. The lowest BCUT2D eigenvalue weighted by Gasteiger charge is -2.05. The Bertz CT molecular complexity index is 928. The third-order valence-corrected chi connectivity index (χ3v) is 3.66. The second-order valence-electron chi connectivity index (χ2n) is 5.50. The van der Waals surface area contributed by atoms with Gasteiger partial charge in [-0.25, -0.2) is 0 Å². The highest BCUT2D eigenvalue weighted by atomic mass is 16.6. The number of aryl methyl sites for hydroxylation is 2. The minimum absolute atomic E-state index is 0.307. The zero-order valence-electron chi connectivity index (χ0n) is 14.6. The van der Waals surface area contributed by atoms with Crippen LogP contribution < -0.4 is 5.43 Å². The average molecular weight is 377 g/mol. The summed E-state index contributed by atoms with van der Waals surface area (Å²) in [4.78, 5) is 30.5. The molecule has 0 saturated carbocycles. The van der Waals surface area contributed by atoms with Gasteiger partial charge in [-0.1, -0.05) is 6.92 Å². The van der Waals surface area contributed by atoms with Crippen molar-refractivity contribution in [3.8, 4) is 0 Å². The molecule has 1 aromatic carbocycles. The van der Waals surface area contributed by atoms with Crippen LogP contribution in [0.2, 0.25) is 0 Å². The first-order chi connectivity index (χ1) is 12.6. The number of rotatable bonds is 7. The summed E-state index contributed by atoms with van der Waals surface area (Å²) in [5.41, 5.74) is 0.452. The van der Waals surface area contributed by atoms with E-state index in [-0.39, 0.29) is 0 Å². The summed E-state index contributed by atoms with van der Waals surface area (Å²) >= 11 is 0. The highest BCUT2D eigenvalue weighted by molar-refractivity contribution is 5.98. The predicted octanol–water partition coefficient (Wildman–Crippen LogP) is 3.71. The first kappa shape index (κ1) is 19.5. The zero-order chi connectivity index (χ0) is 20.3. The van der Waals surface area contributed by atoms with E-state index in [9.17, 15) is 30.3 Å². The number of hydrogen-bond acceptors (Lipinski definition) is 9. The fourth-order valence-corrected chi connectivity index (χ4v) is 2.43. The molecular weight excluding hydrogens is 362 g/mol. The number of nitro groups is 3. The number of hydrogen-bond donors (Lipinski definition) is 1. The third kappa shape index (κ3) is 4.05. The van der Waals surface area contributed by atoms with Crippen LogP contribution >= 0.6 is 0 Å². The van der Waals surface area contributed by atoms with E-state index < -0.39 is 37.5 Å². The number of nitrogens with zero attached hydrogens (tertiary/aromatic N) is 4. The molecule has 0 aliphatic rings. The van der Waals surface area contributed by atoms with Crippen LogP contribution in [0, 0.1) is 37.3 Å². The number of anilines is 1. The largest absolute Gasteiger partial charge is 0.460 e. The van der Waals surface area contributed by atoms with E-state index in [0.29, 0.717) is 35.8 Å². The van der Waals surface area contributed by atoms with Crippen molar-refractivity contribution >= 4 is 28.5 Å². The zero-order valence-corrected chi connectivity index (χ0v) is 14.6. The second kappa shape index (κ2) is 7.59. The monoisotopic (exact) mass is 377 g/mol. The molecule has 142 valence electrons. The molecule has 0 fully saturated rings. The van der Waals surface area contributed by atoms with E-state index in [1.165, 1.54) is 0 Å². The number of nitro benzene ring substituents is 3. The van der Waals surface area contributed by atoms with Crippen LogP contribution in [0.4, 0.5) is 22.7 Å². The van der Waals surface area contributed by atoms with Gasteiger partial charge in [-0.15, -0.1) is 0 Å². The van der Waals surface area contributed by atoms with Gasteiger partial charge in [0.25, 0.3) is 5.69 Å². The van der Waals surface area contributed by atoms with Gasteiger partial charge in [0.15, 0.2) is 5.76 Å². The van der Waals surface area contributed by atoms with Gasteiger partial charge < -0.3 is 4.42 Å². The number of furan rings is 1. The van der Waals surface area contributed by atoms with Crippen LogP contribution in [-0.2, 0) is 6.42 Å². The van der Waals surface area contributed by atoms with Crippen LogP contribution in [0.25, 0.3) is 0 Å². The number of benzene rings is 1. The summed E-state index contributed by atoms with van der Waals surface area (Å²) in [6.07, 6.45) is 0.650. The third-order valence-electron chi connectivity index (χ3n) is 3.66. The van der Waals surface area contributed by atoms with Crippen LogP contribution in [0.3, 0.4) is 0 Å². The van der Waals surface area contributed by atoms with E-state index >= 15 is 0 Å². The minimum atomic E-state index is -0.957. The maximum atomic E-state index is 11.2. The first-order valence-corrected chi connectivity index (χ1v) is 7.66. The minimum Gasteiger partial charge on any atom is -0.460 e. The summed E-state index contributed by atoms with van der Waals surface area (Å²) in [6.45, 7) is 5.21. The quantitative estimate of drug-likeness (QED) is 0.432. The lowest BCUT2D eigenvalue weighted by molar-refractivity contribution is -0.401. The Labute approximate surface area is 151 Å². The van der Waals surface area contributed by atoms with Gasteiger partial charge in [0.05, 0.1) is 26.9 Å². The van der Waals surface area contributed by atoms with Crippen molar-refractivity contribution in [3.63, 3.8) is 0 Å². The van der Waals surface area contributed by atoms with E-state index in [1.54, 1.807) is 13.8 Å². The van der Waals surface area contributed by atoms with Crippen LogP contribution in [0.1, 0.15) is 30.9 Å². The number of nitrogens with one attached hydrogen (secondary N) is 1. The molecule has 12 heteroatoms. The highest BCUT2D eigenvalue weighted by Gasteiger charge is 2.30. The van der Waals surface area contributed by atoms with Crippen LogP contribution in [-0.4, -0.2) is 20.5 Å². The van der Waals surface area contributed by atoms with Crippen molar-refractivity contribution in [2.45, 2.75) is 27.2 Å². The Kier molecular flexibility index (Phi) is 5.48. The Morgan fingerprint density at radius 3 is 2.07 bits per heavy atom. The summed E-state index contributed by atoms with van der Waals surface area (Å²) in [5.74, 6) is 1.08. The van der Waals surface area contributed by atoms with Crippen LogP contribution in [0.5, 0.6) is 0 Å². The molecule has 1 heterocycles. The first-order valence-electron chi connectivity index (χ1n) is 7.66. The van der Waals surface area contributed by atoms with Gasteiger partial charge in [-0.05, 0) is 31.9 Å². The van der Waals surface area contributed by atoms with E-state index in [1.807, 2.05) is 13.0 Å². The molecule has 0 amide bonds. The molecule has 2 rings (SSSR count). The molecule has 0 radical (unpaired) electrons. The summed E-state index contributed by atoms with van der Waals surface area (Å²) in [5, 5.41) is 37.3. The number of non-ortho nitro benzene ring substituents is 1. The van der Waals surface area contributed by atoms with Crippen molar-refractivity contribution in [2.75, 3.05) is 5.43 Å². The van der Waals surface area contributed by atoms with Gasteiger partial charge >= 0.3 is 11.4 Å². The molecule has 0 bridgehead atoms. The van der Waals surface area contributed by atoms with Gasteiger partial charge in [0.1, 0.15) is 11.5 Å². The molecule has 2 aromatic rings. The van der Waals surface area contributed by atoms with E-state index in [4.69, 9.17) is 4.42 Å². The topological polar surface area (TPSA) is 167 Å². The molecule has 0 aliphatic heterocycles. The van der Waals surface area contributed by atoms with E-state index in [0.717, 1.165) is 5.56 Å². The highest BCUT2D eigenvalue weighted by Crippen LogP contribution is 2.38. The Hall–Kier alpha value is -3.83. The Balaban J connectivity index is 2.55. The normalized spacial score (nSPS) is 11.3. The Morgan fingerprint density at radius 1 is 1.07 bits per heavy atom. The molecule has 0 aliphatic carbocycles. The van der Waals surface area contributed by atoms with Crippen molar-refractivity contribution in [1.29, 1.82) is 0 Å².